The van der Waals surface area contributed by atoms with Gasteiger partial charge in [0.2, 0.25) is 0 Å². The highest BCUT2D eigenvalue weighted by Crippen LogP contribution is 2.30. The van der Waals surface area contributed by atoms with Gasteiger partial charge in [-0.15, -0.1) is 0 Å². The number of Topliss-reactive ketones (excluding diaryl/α,β-unsaturated/α-hetero) is 1. The van der Waals surface area contributed by atoms with Gasteiger partial charge in [0.25, 0.3) is 0 Å². The van der Waals surface area contributed by atoms with Crippen LogP contribution >= 0.6 is 0 Å². The number of para-hydroxylation sites is 2. The van der Waals surface area contributed by atoms with Gasteiger partial charge in [-0.2, -0.15) is 0 Å². The summed E-state index contributed by atoms with van der Waals surface area (Å²) in [6, 6.07) is 7.69. The zero-order valence-electron chi connectivity index (χ0n) is 12.4. The van der Waals surface area contributed by atoms with Crippen molar-refractivity contribution in [2.45, 2.75) is 39.5 Å². The third kappa shape index (κ3) is 3.99. The van der Waals surface area contributed by atoms with Gasteiger partial charge in [0, 0.05) is 12.3 Å². The van der Waals surface area contributed by atoms with Crippen molar-refractivity contribution in [2.24, 2.45) is 11.8 Å². The van der Waals surface area contributed by atoms with E-state index in [0.717, 1.165) is 37.2 Å². The highest BCUT2D eigenvalue weighted by atomic mass is 16.5. The summed E-state index contributed by atoms with van der Waals surface area (Å²) in [6.45, 7) is 5.38. The lowest BCUT2D eigenvalue weighted by Crippen LogP contribution is -2.25. The van der Waals surface area contributed by atoms with E-state index < -0.39 is 0 Å². The van der Waals surface area contributed by atoms with Gasteiger partial charge in [-0.1, -0.05) is 19.1 Å². The van der Waals surface area contributed by atoms with Gasteiger partial charge in [0.05, 0.1) is 13.2 Å². The van der Waals surface area contributed by atoms with E-state index in [-0.39, 0.29) is 5.92 Å². The van der Waals surface area contributed by atoms with E-state index in [4.69, 9.17) is 9.47 Å². The van der Waals surface area contributed by atoms with Gasteiger partial charge < -0.3 is 9.47 Å². The van der Waals surface area contributed by atoms with Gasteiger partial charge >= 0.3 is 0 Å². The number of hydrogen-bond acceptors (Lipinski definition) is 3. The maximum absolute atomic E-state index is 11.9. The Hall–Kier alpha value is -1.51. The molecule has 1 aromatic rings. The average molecular weight is 276 g/mol. The zero-order valence-corrected chi connectivity index (χ0v) is 12.4. The molecule has 3 nitrogen and oxygen atoms in total. The maximum atomic E-state index is 11.9. The largest absolute Gasteiger partial charge is 0.490 e. The Balaban J connectivity index is 1.85. The summed E-state index contributed by atoms with van der Waals surface area (Å²) in [5.74, 6) is 2.79. The van der Waals surface area contributed by atoms with Gasteiger partial charge in [0.15, 0.2) is 11.5 Å². The number of carbonyl (C=O) groups is 1. The summed E-state index contributed by atoms with van der Waals surface area (Å²) in [7, 11) is 0. The predicted molar refractivity (Wildman–Crippen MR) is 79.2 cm³/mol. The quantitative estimate of drug-likeness (QED) is 0.791. The smallest absolute Gasteiger partial charge is 0.161 e. The first-order valence-electron chi connectivity index (χ1n) is 7.58. The van der Waals surface area contributed by atoms with Crippen LogP contribution in [-0.4, -0.2) is 19.0 Å². The van der Waals surface area contributed by atoms with Crippen molar-refractivity contribution in [1.29, 1.82) is 0 Å². The molecule has 1 fully saturated rings. The lowest BCUT2D eigenvalue weighted by atomic mass is 9.80. The molecule has 0 amide bonds. The van der Waals surface area contributed by atoms with E-state index in [1.807, 2.05) is 31.2 Å². The van der Waals surface area contributed by atoms with Crippen molar-refractivity contribution in [3.05, 3.63) is 24.3 Å². The van der Waals surface area contributed by atoms with Crippen LogP contribution in [0.4, 0.5) is 0 Å². The third-order valence-electron chi connectivity index (χ3n) is 3.90. The monoisotopic (exact) mass is 276 g/mol. The fourth-order valence-electron chi connectivity index (χ4n) is 2.76. The first-order chi connectivity index (χ1) is 9.70. The predicted octanol–water partition coefficient (Wildman–Crippen LogP) is 3.86. The molecule has 2 rings (SSSR count). The molecule has 0 aromatic heterocycles. The molecule has 1 aromatic carbocycles. The molecule has 1 saturated carbocycles. The number of carbonyl (C=O) groups excluding carboxylic acids is 1. The SMILES string of the molecule is CCOc1ccccc1OCCC1CC(C)CCC1=O. The van der Waals surface area contributed by atoms with E-state index in [1.54, 1.807) is 0 Å². The molecule has 0 spiro atoms. The summed E-state index contributed by atoms with van der Waals surface area (Å²) in [5, 5.41) is 0. The van der Waals surface area contributed by atoms with Crippen molar-refractivity contribution in [2.75, 3.05) is 13.2 Å². The van der Waals surface area contributed by atoms with Crippen molar-refractivity contribution in [3.63, 3.8) is 0 Å². The van der Waals surface area contributed by atoms with Crippen LogP contribution in [0.25, 0.3) is 0 Å². The van der Waals surface area contributed by atoms with Crippen LogP contribution in [0.1, 0.15) is 39.5 Å². The second kappa shape index (κ2) is 7.32. The second-order valence-corrected chi connectivity index (χ2v) is 5.56. The van der Waals surface area contributed by atoms with Crippen LogP contribution in [-0.2, 0) is 4.79 Å². The molecule has 0 bridgehead atoms. The molecule has 1 aliphatic carbocycles. The van der Waals surface area contributed by atoms with Gasteiger partial charge in [0.1, 0.15) is 5.78 Å². The minimum Gasteiger partial charge on any atom is -0.490 e. The molecule has 2 atom stereocenters. The molecule has 2 unspecified atom stereocenters. The summed E-state index contributed by atoms with van der Waals surface area (Å²) < 4.78 is 11.3. The second-order valence-electron chi connectivity index (χ2n) is 5.56. The number of ether oxygens (including phenoxy) is 2. The summed E-state index contributed by atoms with van der Waals surface area (Å²) in [6.07, 6.45) is 3.60. The Morgan fingerprint density at radius 3 is 2.60 bits per heavy atom. The molecule has 1 aliphatic rings. The van der Waals surface area contributed by atoms with Crippen LogP contribution in [0.5, 0.6) is 11.5 Å². The molecule has 110 valence electrons. The van der Waals surface area contributed by atoms with Crippen molar-refractivity contribution >= 4 is 5.78 Å². The van der Waals surface area contributed by atoms with E-state index >= 15 is 0 Å². The molecule has 0 heterocycles. The lowest BCUT2D eigenvalue weighted by molar-refractivity contribution is -0.125. The molecule has 0 N–H and O–H groups in total. The summed E-state index contributed by atoms with van der Waals surface area (Å²) in [5.41, 5.74) is 0. The Morgan fingerprint density at radius 2 is 1.90 bits per heavy atom. The zero-order chi connectivity index (χ0) is 14.4. The van der Waals surface area contributed by atoms with E-state index in [9.17, 15) is 4.79 Å². The van der Waals surface area contributed by atoms with Crippen LogP contribution < -0.4 is 9.47 Å². The maximum Gasteiger partial charge on any atom is 0.161 e. The molecule has 20 heavy (non-hydrogen) atoms. The molecule has 0 radical (unpaired) electrons. The minimum absolute atomic E-state index is 0.179. The molecule has 0 saturated heterocycles. The minimum atomic E-state index is 0.179. The normalized spacial score (nSPS) is 22.6. The highest BCUT2D eigenvalue weighted by molar-refractivity contribution is 5.81. The fourth-order valence-corrected chi connectivity index (χ4v) is 2.76. The van der Waals surface area contributed by atoms with Gasteiger partial charge in [-0.3, -0.25) is 4.79 Å². The Bertz CT molecular complexity index is 442. The Morgan fingerprint density at radius 1 is 1.20 bits per heavy atom. The van der Waals surface area contributed by atoms with Gasteiger partial charge in [-0.05, 0) is 44.2 Å². The average Bonchev–Trinajstić information content (AvgIpc) is 2.45. The van der Waals surface area contributed by atoms with Crippen LogP contribution in [0.15, 0.2) is 24.3 Å². The fraction of sp³-hybridized carbons (Fsp3) is 0.588. The number of benzene rings is 1. The summed E-state index contributed by atoms with van der Waals surface area (Å²) >= 11 is 0. The van der Waals surface area contributed by atoms with Crippen molar-refractivity contribution in [3.8, 4) is 11.5 Å². The van der Waals surface area contributed by atoms with Crippen LogP contribution in [0, 0.1) is 11.8 Å². The first kappa shape index (κ1) is 14.9. The highest BCUT2D eigenvalue weighted by Gasteiger charge is 2.26. The molecular formula is C17H24O3. The van der Waals surface area contributed by atoms with Crippen molar-refractivity contribution < 1.29 is 14.3 Å². The van der Waals surface area contributed by atoms with Crippen molar-refractivity contribution in [1.82, 2.24) is 0 Å². The lowest BCUT2D eigenvalue weighted by Gasteiger charge is -2.25. The third-order valence-corrected chi connectivity index (χ3v) is 3.90. The van der Waals surface area contributed by atoms with E-state index in [2.05, 4.69) is 6.92 Å². The van der Waals surface area contributed by atoms with E-state index in [1.165, 1.54) is 0 Å². The van der Waals surface area contributed by atoms with E-state index in [0.29, 0.717) is 24.9 Å². The van der Waals surface area contributed by atoms with Crippen LogP contribution in [0.3, 0.4) is 0 Å². The van der Waals surface area contributed by atoms with Crippen LogP contribution in [0.2, 0.25) is 0 Å². The summed E-state index contributed by atoms with van der Waals surface area (Å²) in [4.78, 5) is 11.9. The standard InChI is InChI=1S/C17H24O3/c1-3-19-16-6-4-5-7-17(16)20-11-10-14-12-13(2)8-9-15(14)18/h4-7,13-14H,3,8-12H2,1-2H3. The number of rotatable bonds is 6. The Labute approximate surface area is 121 Å². The van der Waals surface area contributed by atoms with Gasteiger partial charge in [-0.25, -0.2) is 0 Å². The topological polar surface area (TPSA) is 35.5 Å². The number of hydrogen-bond donors (Lipinski definition) is 0. The molecular weight excluding hydrogens is 252 g/mol. The molecule has 0 aliphatic heterocycles. The Kier molecular flexibility index (Phi) is 5.45. The molecule has 3 heteroatoms. The first-order valence-corrected chi connectivity index (χ1v) is 7.58. The number of ketones is 1.